The molecule has 25 heavy (non-hydrogen) atoms. The Hall–Kier alpha value is -2.25. The van der Waals surface area contributed by atoms with E-state index in [1.807, 2.05) is 22.7 Å². The Morgan fingerprint density at radius 3 is 2.84 bits per heavy atom. The Morgan fingerprint density at radius 1 is 1.16 bits per heavy atom. The van der Waals surface area contributed by atoms with Crippen LogP contribution in [-0.4, -0.2) is 44.3 Å². The van der Waals surface area contributed by atoms with Crippen molar-refractivity contribution < 1.29 is 4.42 Å². The van der Waals surface area contributed by atoms with Gasteiger partial charge in [0.1, 0.15) is 10.6 Å². The molecule has 128 valence electrons. The van der Waals surface area contributed by atoms with Crippen LogP contribution in [0.5, 0.6) is 0 Å². The maximum atomic E-state index is 6.03. The number of hydrogen-bond acceptors (Lipinski definition) is 6. The highest BCUT2D eigenvalue weighted by Gasteiger charge is 2.20. The van der Waals surface area contributed by atoms with Crippen molar-refractivity contribution in [2.45, 2.75) is 26.2 Å². The van der Waals surface area contributed by atoms with Crippen LogP contribution in [0.3, 0.4) is 0 Å². The second-order valence-electron chi connectivity index (χ2n) is 6.56. The summed E-state index contributed by atoms with van der Waals surface area (Å²) in [6, 6.07) is 8.05. The lowest BCUT2D eigenvalue weighted by atomic mass is 10.1. The number of aryl methyl sites for hydroxylation is 1. The lowest BCUT2D eigenvalue weighted by molar-refractivity contribution is 0.343. The van der Waals surface area contributed by atoms with Crippen molar-refractivity contribution in [1.29, 1.82) is 0 Å². The smallest absolute Gasteiger partial charge is 0.235 e. The summed E-state index contributed by atoms with van der Waals surface area (Å²) in [5.41, 5.74) is 1.95. The van der Waals surface area contributed by atoms with Gasteiger partial charge in [0, 0.05) is 23.9 Å². The number of para-hydroxylation sites is 1. The molecule has 0 atom stereocenters. The summed E-state index contributed by atoms with van der Waals surface area (Å²) in [4.78, 5) is 3.33. The molecule has 3 aromatic heterocycles. The van der Waals surface area contributed by atoms with Gasteiger partial charge in [0.25, 0.3) is 0 Å². The Balaban J connectivity index is 1.49. The van der Waals surface area contributed by atoms with Gasteiger partial charge in [-0.05, 0) is 38.9 Å². The minimum Gasteiger partial charge on any atom is -0.452 e. The van der Waals surface area contributed by atoms with Gasteiger partial charge in [-0.25, -0.2) is 0 Å². The van der Waals surface area contributed by atoms with E-state index in [9.17, 15) is 0 Å². The van der Waals surface area contributed by atoms with Gasteiger partial charge in [-0.15, -0.1) is 10.2 Å². The molecule has 5 rings (SSSR count). The zero-order chi connectivity index (χ0) is 16.8. The van der Waals surface area contributed by atoms with Crippen molar-refractivity contribution in [2.24, 2.45) is 0 Å². The van der Waals surface area contributed by atoms with Crippen molar-refractivity contribution in [3.8, 4) is 11.6 Å². The average Bonchev–Trinajstić information content (AvgIpc) is 3.37. The van der Waals surface area contributed by atoms with Crippen LogP contribution in [0.25, 0.3) is 27.5 Å². The molecule has 0 radical (unpaired) electrons. The monoisotopic (exact) mass is 353 g/mol. The molecule has 4 aromatic rings. The largest absolute Gasteiger partial charge is 0.452 e. The van der Waals surface area contributed by atoms with Crippen LogP contribution < -0.4 is 0 Å². The molecule has 1 aliphatic rings. The third kappa shape index (κ3) is 2.54. The molecule has 0 N–H and O–H groups in total. The fraction of sp³-hybridized carbons (Fsp3) is 0.389. The number of likely N-dealkylation sites (tertiary alicyclic amines) is 1. The molecular formula is C18H19N5OS. The lowest BCUT2D eigenvalue weighted by Gasteiger charge is -2.12. The van der Waals surface area contributed by atoms with E-state index >= 15 is 0 Å². The quantitative estimate of drug-likeness (QED) is 0.561. The highest BCUT2D eigenvalue weighted by molar-refractivity contribution is 7.16. The first-order valence-corrected chi connectivity index (χ1v) is 9.53. The molecule has 0 unspecified atom stereocenters. The predicted molar refractivity (Wildman–Crippen MR) is 98.0 cm³/mol. The molecule has 4 heterocycles. The van der Waals surface area contributed by atoms with Gasteiger partial charge in [0.15, 0.2) is 5.76 Å². The van der Waals surface area contributed by atoms with Gasteiger partial charge in [-0.3, -0.25) is 0 Å². The first kappa shape index (κ1) is 15.0. The first-order valence-electron chi connectivity index (χ1n) is 8.71. The molecule has 1 fully saturated rings. The van der Waals surface area contributed by atoms with Gasteiger partial charge >= 0.3 is 0 Å². The molecule has 0 spiro atoms. The van der Waals surface area contributed by atoms with Crippen LogP contribution in [0.2, 0.25) is 0 Å². The Kier molecular flexibility index (Phi) is 3.57. The van der Waals surface area contributed by atoms with E-state index in [1.54, 1.807) is 11.3 Å². The topological polar surface area (TPSA) is 59.5 Å². The number of fused-ring (bicyclic) bond motifs is 2. The summed E-state index contributed by atoms with van der Waals surface area (Å²) in [6.45, 7) is 5.56. The number of furan rings is 1. The second kappa shape index (κ2) is 5.93. The first-order chi connectivity index (χ1) is 12.3. The summed E-state index contributed by atoms with van der Waals surface area (Å²) >= 11 is 1.62. The summed E-state index contributed by atoms with van der Waals surface area (Å²) in [6.07, 6.45) is 3.60. The molecule has 1 aliphatic heterocycles. The van der Waals surface area contributed by atoms with E-state index < -0.39 is 0 Å². The Bertz CT molecular complexity index is 1040. The molecule has 1 aromatic carbocycles. The molecule has 0 aliphatic carbocycles. The summed E-state index contributed by atoms with van der Waals surface area (Å²) < 4.78 is 7.86. The number of hydrogen-bond donors (Lipinski definition) is 0. The average molecular weight is 353 g/mol. The Morgan fingerprint density at radius 2 is 2.00 bits per heavy atom. The van der Waals surface area contributed by atoms with Crippen LogP contribution in [0.1, 0.15) is 23.4 Å². The molecule has 1 saturated heterocycles. The van der Waals surface area contributed by atoms with Gasteiger partial charge in [-0.1, -0.05) is 29.5 Å². The van der Waals surface area contributed by atoms with E-state index in [0.717, 1.165) is 45.2 Å². The highest BCUT2D eigenvalue weighted by atomic mass is 32.1. The normalized spacial score (nSPS) is 15.7. The molecule has 6 nitrogen and oxygen atoms in total. The van der Waals surface area contributed by atoms with Gasteiger partial charge in [0.2, 0.25) is 10.8 Å². The van der Waals surface area contributed by atoms with E-state index in [2.05, 4.69) is 28.1 Å². The van der Waals surface area contributed by atoms with Crippen molar-refractivity contribution in [2.75, 3.05) is 19.6 Å². The van der Waals surface area contributed by atoms with E-state index in [-0.39, 0.29) is 0 Å². The van der Waals surface area contributed by atoms with Crippen LogP contribution in [0.4, 0.5) is 0 Å². The minimum absolute atomic E-state index is 0.687. The van der Waals surface area contributed by atoms with Gasteiger partial charge < -0.3 is 9.32 Å². The van der Waals surface area contributed by atoms with Crippen LogP contribution in [-0.2, 0) is 6.42 Å². The number of aromatic nitrogens is 4. The second-order valence-corrected chi connectivity index (χ2v) is 7.61. The van der Waals surface area contributed by atoms with Gasteiger partial charge in [-0.2, -0.15) is 9.61 Å². The zero-order valence-electron chi connectivity index (χ0n) is 14.1. The van der Waals surface area contributed by atoms with Crippen molar-refractivity contribution in [3.05, 3.63) is 34.8 Å². The minimum atomic E-state index is 0.687. The number of benzene rings is 1. The van der Waals surface area contributed by atoms with Crippen LogP contribution >= 0.6 is 11.3 Å². The van der Waals surface area contributed by atoms with Crippen molar-refractivity contribution >= 4 is 27.3 Å². The number of nitrogens with zero attached hydrogens (tertiary/aromatic N) is 5. The maximum absolute atomic E-state index is 6.03. The fourth-order valence-electron chi connectivity index (χ4n) is 3.55. The van der Waals surface area contributed by atoms with Crippen LogP contribution in [0.15, 0.2) is 28.7 Å². The standard InChI is InChI=1S/C18H19N5OS/c1-12-13-6-2-3-7-14(13)24-16(12)17-19-20-18-23(17)21-15(25-18)8-11-22-9-4-5-10-22/h2-3,6-7H,4-5,8-11H2,1H3. The fourth-order valence-corrected chi connectivity index (χ4v) is 4.37. The van der Waals surface area contributed by atoms with Crippen LogP contribution in [0, 0.1) is 6.92 Å². The summed E-state index contributed by atoms with van der Waals surface area (Å²) in [5, 5.41) is 15.6. The predicted octanol–water partition coefficient (Wildman–Crippen LogP) is 3.55. The molecular weight excluding hydrogens is 334 g/mol. The molecule has 0 bridgehead atoms. The van der Waals surface area contributed by atoms with Gasteiger partial charge in [0.05, 0.1) is 0 Å². The van der Waals surface area contributed by atoms with E-state index in [0.29, 0.717) is 5.82 Å². The third-order valence-electron chi connectivity index (χ3n) is 4.92. The number of rotatable bonds is 4. The molecule has 0 amide bonds. The zero-order valence-corrected chi connectivity index (χ0v) is 14.9. The lowest BCUT2D eigenvalue weighted by Crippen LogP contribution is -2.21. The Labute approximate surface area is 149 Å². The van der Waals surface area contributed by atoms with E-state index in [4.69, 9.17) is 9.52 Å². The third-order valence-corrected chi connectivity index (χ3v) is 5.88. The SMILES string of the molecule is Cc1c(-c2nnc3sc(CCN4CCCC4)nn23)oc2ccccc12. The van der Waals surface area contributed by atoms with Crippen molar-refractivity contribution in [1.82, 2.24) is 24.7 Å². The summed E-state index contributed by atoms with van der Waals surface area (Å²) in [5.74, 6) is 1.44. The van der Waals surface area contributed by atoms with Crippen molar-refractivity contribution in [3.63, 3.8) is 0 Å². The van der Waals surface area contributed by atoms with E-state index in [1.165, 1.54) is 25.9 Å². The molecule has 0 saturated carbocycles. The molecule has 7 heteroatoms. The highest BCUT2D eigenvalue weighted by Crippen LogP contribution is 2.32. The maximum Gasteiger partial charge on any atom is 0.235 e. The summed E-state index contributed by atoms with van der Waals surface area (Å²) in [7, 11) is 0.